The highest BCUT2D eigenvalue weighted by atomic mass is 15.0. The summed E-state index contributed by atoms with van der Waals surface area (Å²) in [5, 5.41) is 3.70. The van der Waals surface area contributed by atoms with E-state index in [0.29, 0.717) is 5.54 Å². The molecule has 0 aromatic rings. The molecule has 0 aliphatic heterocycles. The van der Waals surface area contributed by atoms with Crippen LogP contribution in [0.3, 0.4) is 0 Å². The molecule has 2 bridgehead atoms. The smallest absolute Gasteiger partial charge is 0.0122 e. The Kier molecular flexibility index (Phi) is 2.70. The molecule has 2 aliphatic carbocycles. The monoisotopic (exact) mass is 193 g/mol. The number of nitrogens with one attached hydrogen (secondary N) is 1. The third-order valence-electron chi connectivity index (χ3n) is 4.14. The molecule has 0 spiro atoms. The molecule has 1 saturated carbocycles. The van der Waals surface area contributed by atoms with Crippen molar-refractivity contribution < 1.29 is 0 Å². The van der Waals surface area contributed by atoms with E-state index in [4.69, 9.17) is 0 Å². The van der Waals surface area contributed by atoms with Gasteiger partial charge in [0.1, 0.15) is 0 Å². The maximum Gasteiger partial charge on any atom is 0.0122 e. The second-order valence-corrected chi connectivity index (χ2v) is 5.66. The molecule has 0 radical (unpaired) electrons. The van der Waals surface area contributed by atoms with Gasteiger partial charge < -0.3 is 5.32 Å². The van der Waals surface area contributed by atoms with Gasteiger partial charge in [0, 0.05) is 5.54 Å². The molecule has 1 nitrogen and oxygen atoms in total. The summed E-state index contributed by atoms with van der Waals surface area (Å²) in [6.07, 6.45) is 8.93. The van der Waals surface area contributed by atoms with Crippen LogP contribution in [0.1, 0.15) is 40.0 Å². The predicted molar refractivity (Wildman–Crippen MR) is 61.2 cm³/mol. The number of hydrogen-bond acceptors (Lipinski definition) is 1. The van der Waals surface area contributed by atoms with Crippen molar-refractivity contribution in [3.8, 4) is 0 Å². The van der Waals surface area contributed by atoms with Gasteiger partial charge in [-0.2, -0.15) is 0 Å². The molecule has 0 saturated heterocycles. The zero-order valence-electron chi connectivity index (χ0n) is 9.72. The number of hydrogen-bond donors (Lipinski definition) is 1. The van der Waals surface area contributed by atoms with Gasteiger partial charge in [-0.25, -0.2) is 0 Å². The summed E-state index contributed by atoms with van der Waals surface area (Å²) in [7, 11) is 0. The molecule has 1 heteroatoms. The number of allylic oxidation sites excluding steroid dienone is 2. The molecule has 80 valence electrons. The van der Waals surface area contributed by atoms with Crippen molar-refractivity contribution >= 4 is 0 Å². The van der Waals surface area contributed by atoms with E-state index >= 15 is 0 Å². The van der Waals surface area contributed by atoms with E-state index in [0.717, 1.165) is 17.8 Å². The summed E-state index contributed by atoms with van der Waals surface area (Å²) in [6, 6.07) is 0. The van der Waals surface area contributed by atoms with Crippen LogP contribution in [0.5, 0.6) is 0 Å². The van der Waals surface area contributed by atoms with Crippen LogP contribution in [-0.4, -0.2) is 12.1 Å². The molecule has 0 heterocycles. The van der Waals surface area contributed by atoms with E-state index < -0.39 is 0 Å². The Morgan fingerprint density at radius 2 is 2.07 bits per heavy atom. The highest BCUT2D eigenvalue weighted by Gasteiger charge is 2.35. The highest BCUT2D eigenvalue weighted by molar-refractivity contribution is 5.10. The summed E-state index contributed by atoms with van der Waals surface area (Å²) < 4.78 is 0. The van der Waals surface area contributed by atoms with Crippen molar-refractivity contribution in [3.63, 3.8) is 0 Å². The minimum Gasteiger partial charge on any atom is -0.312 e. The van der Waals surface area contributed by atoms with Crippen molar-refractivity contribution in [3.05, 3.63) is 12.2 Å². The van der Waals surface area contributed by atoms with Crippen molar-refractivity contribution in [2.75, 3.05) is 6.54 Å². The summed E-state index contributed by atoms with van der Waals surface area (Å²) in [5.74, 6) is 2.72. The first-order chi connectivity index (χ1) is 6.61. The van der Waals surface area contributed by atoms with Gasteiger partial charge in [0.2, 0.25) is 0 Å². The van der Waals surface area contributed by atoms with E-state index in [1.165, 1.54) is 25.8 Å². The largest absolute Gasteiger partial charge is 0.312 e. The number of fused-ring (bicyclic) bond motifs is 2. The topological polar surface area (TPSA) is 12.0 Å². The fourth-order valence-electron chi connectivity index (χ4n) is 2.66. The molecule has 14 heavy (non-hydrogen) atoms. The van der Waals surface area contributed by atoms with E-state index in [2.05, 4.69) is 38.2 Å². The molecule has 0 aromatic carbocycles. The van der Waals surface area contributed by atoms with Crippen LogP contribution in [0, 0.1) is 17.8 Å². The fourth-order valence-corrected chi connectivity index (χ4v) is 2.66. The maximum atomic E-state index is 3.70. The van der Waals surface area contributed by atoms with Gasteiger partial charge >= 0.3 is 0 Å². The predicted octanol–water partition coefficient (Wildman–Crippen LogP) is 2.98. The van der Waals surface area contributed by atoms with E-state index in [1.807, 2.05) is 0 Å². The summed E-state index contributed by atoms with van der Waals surface area (Å²) in [5.41, 5.74) is 0.325. The molecular weight excluding hydrogens is 170 g/mol. The second-order valence-electron chi connectivity index (χ2n) is 5.66. The van der Waals surface area contributed by atoms with Crippen LogP contribution in [-0.2, 0) is 0 Å². The van der Waals surface area contributed by atoms with E-state index in [-0.39, 0.29) is 0 Å². The van der Waals surface area contributed by atoms with Crippen molar-refractivity contribution in [2.24, 2.45) is 17.8 Å². The zero-order chi connectivity index (χ0) is 10.2. The van der Waals surface area contributed by atoms with Gasteiger partial charge in [0.15, 0.2) is 0 Å². The second kappa shape index (κ2) is 3.69. The minimum absolute atomic E-state index is 0.325. The average molecular weight is 193 g/mol. The SMILES string of the molecule is CCC(C)(C)NCC1CC2C=CC1C2. The summed E-state index contributed by atoms with van der Waals surface area (Å²) in [4.78, 5) is 0. The van der Waals surface area contributed by atoms with E-state index in [1.54, 1.807) is 0 Å². The molecule has 3 atom stereocenters. The first-order valence-electron chi connectivity index (χ1n) is 6.04. The Hall–Kier alpha value is -0.300. The van der Waals surface area contributed by atoms with Crippen molar-refractivity contribution in [1.29, 1.82) is 0 Å². The van der Waals surface area contributed by atoms with Crippen LogP contribution in [0.25, 0.3) is 0 Å². The molecule has 0 aromatic heterocycles. The normalized spacial score (nSPS) is 35.5. The molecule has 2 aliphatic rings. The van der Waals surface area contributed by atoms with Gasteiger partial charge in [-0.15, -0.1) is 0 Å². The van der Waals surface area contributed by atoms with Gasteiger partial charge in [0.25, 0.3) is 0 Å². The molecular formula is C13H23N. The summed E-state index contributed by atoms with van der Waals surface area (Å²) in [6.45, 7) is 8.08. The van der Waals surface area contributed by atoms with Crippen LogP contribution < -0.4 is 5.32 Å². The van der Waals surface area contributed by atoms with E-state index in [9.17, 15) is 0 Å². The Labute approximate surface area is 88.0 Å². The molecule has 3 unspecified atom stereocenters. The molecule has 0 amide bonds. The Morgan fingerprint density at radius 3 is 2.57 bits per heavy atom. The van der Waals surface area contributed by atoms with Crippen molar-refractivity contribution in [2.45, 2.75) is 45.6 Å². The zero-order valence-corrected chi connectivity index (χ0v) is 9.72. The first-order valence-corrected chi connectivity index (χ1v) is 6.04. The molecule has 1 N–H and O–H groups in total. The average Bonchev–Trinajstić information content (AvgIpc) is 2.76. The highest BCUT2D eigenvalue weighted by Crippen LogP contribution is 2.43. The van der Waals surface area contributed by atoms with Crippen LogP contribution in [0.4, 0.5) is 0 Å². The minimum atomic E-state index is 0.325. The molecule has 1 fully saturated rings. The first kappa shape index (κ1) is 10.2. The van der Waals surface area contributed by atoms with Crippen LogP contribution >= 0.6 is 0 Å². The van der Waals surface area contributed by atoms with Crippen LogP contribution in [0.15, 0.2) is 12.2 Å². The number of rotatable bonds is 4. The Balaban J connectivity index is 1.80. The lowest BCUT2D eigenvalue weighted by Crippen LogP contribution is -2.42. The third kappa shape index (κ3) is 2.03. The van der Waals surface area contributed by atoms with Crippen LogP contribution in [0.2, 0.25) is 0 Å². The Morgan fingerprint density at radius 1 is 1.29 bits per heavy atom. The third-order valence-corrected chi connectivity index (χ3v) is 4.14. The van der Waals surface area contributed by atoms with Crippen molar-refractivity contribution in [1.82, 2.24) is 5.32 Å². The quantitative estimate of drug-likeness (QED) is 0.677. The Bertz CT molecular complexity index is 229. The maximum absolute atomic E-state index is 3.70. The molecule has 2 rings (SSSR count). The summed E-state index contributed by atoms with van der Waals surface area (Å²) >= 11 is 0. The lowest BCUT2D eigenvalue weighted by atomic mass is 9.92. The van der Waals surface area contributed by atoms with Gasteiger partial charge in [-0.05, 0) is 57.4 Å². The van der Waals surface area contributed by atoms with Gasteiger partial charge in [0.05, 0.1) is 0 Å². The fraction of sp³-hybridized carbons (Fsp3) is 0.846. The van der Waals surface area contributed by atoms with Gasteiger partial charge in [-0.3, -0.25) is 0 Å². The lowest BCUT2D eigenvalue weighted by Gasteiger charge is -2.28. The lowest BCUT2D eigenvalue weighted by molar-refractivity contribution is 0.317. The standard InChI is InChI=1S/C13H23N/c1-4-13(2,3)14-9-12-8-10-5-6-11(12)7-10/h5-6,10-12,14H,4,7-9H2,1-3H3. The van der Waals surface area contributed by atoms with Gasteiger partial charge in [-0.1, -0.05) is 19.1 Å².